The Labute approximate surface area is 117 Å². The number of para-hydroxylation sites is 1. The van der Waals surface area contributed by atoms with Crippen LogP contribution in [0.4, 0.5) is 5.69 Å². The first-order chi connectivity index (χ1) is 9.83. The van der Waals surface area contributed by atoms with Gasteiger partial charge in [-0.05, 0) is 23.6 Å². The van der Waals surface area contributed by atoms with Gasteiger partial charge >= 0.3 is 0 Å². The van der Waals surface area contributed by atoms with Crippen LogP contribution < -0.4 is 4.90 Å². The molecule has 20 heavy (non-hydrogen) atoms. The van der Waals surface area contributed by atoms with Crippen molar-refractivity contribution >= 4 is 16.6 Å². The molecule has 0 spiro atoms. The third kappa shape index (κ3) is 1.67. The Bertz CT molecular complexity index is 776. The molecule has 0 atom stereocenters. The van der Waals surface area contributed by atoms with Gasteiger partial charge in [-0.2, -0.15) is 0 Å². The number of anilines is 1. The van der Waals surface area contributed by atoms with Gasteiger partial charge in [0, 0.05) is 18.5 Å². The van der Waals surface area contributed by atoms with Crippen molar-refractivity contribution in [2.24, 2.45) is 0 Å². The number of aromatic nitrogens is 1. The number of hydrogen-bond acceptors (Lipinski definition) is 2. The molecule has 1 aromatic heterocycles. The van der Waals surface area contributed by atoms with Crippen molar-refractivity contribution in [3.8, 4) is 5.88 Å². The van der Waals surface area contributed by atoms with Crippen molar-refractivity contribution in [1.82, 2.24) is 4.98 Å². The average Bonchev–Trinajstić information content (AvgIpc) is 2.82. The third-order valence-corrected chi connectivity index (χ3v) is 4.11. The number of benzene rings is 2. The van der Waals surface area contributed by atoms with E-state index < -0.39 is 0 Å². The summed E-state index contributed by atoms with van der Waals surface area (Å²) in [6.45, 7) is 1.79. The summed E-state index contributed by atoms with van der Waals surface area (Å²) in [4.78, 5) is 5.32. The lowest BCUT2D eigenvalue weighted by Gasteiger charge is -2.30. The van der Waals surface area contributed by atoms with E-state index in [0.29, 0.717) is 0 Å². The fourth-order valence-corrected chi connectivity index (χ4v) is 3.12. The first-order valence-electron chi connectivity index (χ1n) is 6.94. The monoisotopic (exact) mass is 264 g/mol. The molecule has 1 aliphatic rings. The first-order valence-corrected chi connectivity index (χ1v) is 6.94. The van der Waals surface area contributed by atoms with E-state index in [0.717, 1.165) is 36.1 Å². The Morgan fingerprint density at radius 2 is 1.70 bits per heavy atom. The molecule has 2 aromatic carbocycles. The summed E-state index contributed by atoms with van der Waals surface area (Å²) < 4.78 is 0. The van der Waals surface area contributed by atoms with E-state index in [1.165, 1.54) is 11.1 Å². The SMILES string of the molecule is Oc1[nH]c2ccccc2c1N1CCc2ccccc2C1. The number of H-pyrrole nitrogens is 1. The molecule has 0 saturated carbocycles. The van der Waals surface area contributed by atoms with E-state index in [-0.39, 0.29) is 5.88 Å². The fourth-order valence-electron chi connectivity index (χ4n) is 3.12. The predicted octanol–water partition coefficient (Wildman–Crippen LogP) is 3.44. The highest BCUT2D eigenvalue weighted by atomic mass is 16.3. The average molecular weight is 264 g/mol. The van der Waals surface area contributed by atoms with Gasteiger partial charge in [-0.15, -0.1) is 0 Å². The Morgan fingerprint density at radius 3 is 2.60 bits per heavy atom. The highest BCUT2D eigenvalue weighted by Crippen LogP contribution is 2.37. The van der Waals surface area contributed by atoms with Crippen molar-refractivity contribution < 1.29 is 5.11 Å². The van der Waals surface area contributed by atoms with E-state index in [2.05, 4.69) is 40.2 Å². The lowest BCUT2D eigenvalue weighted by molar-refractivity contribution is 0.456. The van der Waals surface area contributed by atoms with Crippen molar-refractivity contribution in [3.05, 3.63) is 59.7 Å². The van der Waals surface area contributed by atoms with Gasteiger partial charge in [-0.25, -0.2) is 0 Å². The molecule has 0 aliphatic carbocycles. The van der Waals surface area contributed by atoms with Gasteiger partial charge < -0.3 is 15.0 Å². The zero-order valence-corrected chi connectivity index (χ0v) is 11.1. The minimum absolute atomic E-state index is 0.269. The molecule has 0 unspecified atom stereocenters. The summed E-state index contributed by atoms with van der Waals surface area (Å²) in [6, 6.07) is 16.6. The fraction of sp³-hybridized carbons (Fsp3) is 0.176. The minimum Gasteiger partial charge on any atom is -0.493 e. The molecule has 0 saturated heterocycles. The number of rotatable bonds is 1. The van der Waals surface area contributed by atoms with Gasteiger partial charge in [0.15, 0.2) is 0 Å². The molecule has 0 radical (unpaired) electrons. The van der Waals surface area contributed by atoms with Gasteiger partial charge in [-0.3, -0.25) is 0 Å². The summed E-state index contributed by atoms with van der Waals surface area (Å²) in [5.41, 5.74) is 4.68. The van der Waals surface area contributed by atoms with E-state index in [1.807, 2.05) is 18.2 Å². The van der Waals surface area contributed by atoms with Crippen LogP contribution in [0, 0.1) is 0 Å². The van der Waals surface area contributed by atoms with Crippen molar-refractivity contribution in [2.75, 3.05) is 11.4 Å². The number of nitrogens with one attached hydrogen (secondary N) is 1. The van der Waals surface area contributed by atoms with Gasteiger partial charge in [0.05, 0.1) is 5.52 Å². The lowest BCUT2D eigenvalue weighted by atomic mass is 9.99. The first kappa shape index (κ1) is 11.4. The van der Waals surface area contributed by atoms with Gasteiger partial charge in [-0.1, -0.05) is 42.5 Å². The summed E-state index contributed by atoms with van der Waals surface area (Å²) >= 11 is 0. The molecule has 0 bridgehead atoms. The Morgan fingerprint density at radius 1 is 0.950 bits per heavy atom. The van der Waals surface area contributed by atoms with E-state index in [4.69, 9.17) is 0 Å². The van der Waals surface area contributed by atoms with Crippen molar-refractivity contribution in [1.29, 1.82) is 0 Å². The number of hydrogen-bond donors (Lipinski definition) is 2. The van der Waals surface area contributed by atoms with Crippen LogP contribution in [0.25, 0.3) is 10.9 Å². The van der Waals surface area contributed by atoms with Gasteiger partial charge in [0.1, 0.15) is 5.69 Å². The molecule has 0 amide bonds. The van der Waals surface area contributed by atoms with Crippen LogP contribution in [0.5, 0.6) is 5.88 Å². The van der Waals surface area contributed by atoms with Crippen LogP contribution in [-0.4, -0.2) is 16.6 Å². The molecule has 1 aliphatic heterocycles. The zero-order valence-electron chi connectivity index (χ0n) is 11.1. The van der Waals surface area contributed by atoms with Crippen LogP contribution >= 0.6 is 0 Å². The number of fused-ring (bicyclic) bond motifs is 2. The highest BCUT2D eigenvalue weighted by molar-refractivity contribution is 5.96. The predicted molar refractivity (Wildman–Crippen MR) is 81.2 cm³/mol. The summed E-state index contributed by atoms with van der Waals surface area (Å²) in [5, 5.41) is 11.3. The smallest absolute Gasteiger partial charge is 0.213 e. The number of aromatic amines is 1. The van der Waals surface area contributed by atoms with E-state index >= 15 is 0 Å². The van der Waals surface area contributed by atoms with Gasteiger partial charge in [0.25, 0.3) is 0 Å². The molecule has 100 valence electrons. The van der Waals surface area contributed by atoms with Crippen LogP contribution in [-0.2, 0) is 13.0 Å². The largest absolute Gasteiger partial charge is 0.493 e. The molecule has 4 rings (SSSR count). The quantitative estimate of drug-likeness (QED) is 0.706. The third-order valence-electron chi connectivity index (χ3n) is 4.11. The number of aromatic hydroxyl groups is 1. The summed E-state index contributed by atoms with van der Waals surface area (Å²) in [7, 11) is 0. The second kappa shape index (κ2) is 4.30. The minimum atomic E-state index is 0.269. The molecular formula is C17H16N2O. The van der Waals surface area contributed by atoms with Crippen LogP contribution in [0.3, 0.4) is 0 Å². The van der Waals surface area contributed by atoms with Crippen LogP contribution in [0.15, 0.2) is 48.5 Å². The summed E-state index contributed by atoms with van der Waals surface area (Å²) in [6.07, 6.45) is 1.02. The van der Waals surface area contributed by atoms with Crippen LogP contribution in [0.1, 0.15) is 11.1 Å². The lowest BCUT2D eigenvalue weighted by Crippen LogP contribution is -2.30. The molecule has 3 nitrogen and oxygen atoms in total. The standard InChI is InChI=1S/C17H16N2O/c20-17-16(14-7-3-4-8-15(14)18-17)19-10-9-12-5-1-2-6-13(12)11-19/h1-8,18,20H,9-11H2. The Hall–Kier alpha value is -2.42. The van der Waals surface area contributed by atoms with Crippen molar-refractivity contribution in [2.45, 2.75) is 13.0 Å². The van der Waals surface area contributed by atoms with Crippen LogP contribution in [0.2, 0.25) is 0 Å². The summed E-state index contributed by atoms with van der Waals surface area (Å²) in [5.74, 6) is 0.269. The Kier molecular flexibility index (Phi) is 2.46. The molecule has 2 N–H and O–H groups in total. The Balaban J connectivity index is 1.80. The number of nitrogens with zero attached hydrogens (tertiary/aromatic N) is 1. The normalized spacial score (nSPS) is 14.5. The maximum absolute atomic E-state index is 10.2. The maximum Gasteiger partial charge on any atom is 0.213 e. The second-order valence-corrected chi connectivity index (χ2v) is 5.31. The highest BCUT2D eigenvalue weighted by Gasteiger charge is 2.21. The zero-order chi connectivity index (χ0) is 13.5. The van der Waals surface area contributed by atoms with E-state index in [1.54, 1.807) is 0 Å². The van der Waals surface area contributed by atoms with Crippen molar-refractivity contribution in [3.63, 3.8) is 0 Å². The maximum atomic E-state index is 10.2. The van der Waals surface area contributed by atoms with E-state index in [9.17, 15) is 5.11 Å². The molecular weight excluding hydrogens is 248 g/mol. The molecule has 2 heterocycles. The molecule has 3 aromatic rings. The topological polar surface area (TPSA) is 39.3 Å². The van der Waals surface area contributed by atoms with Gasteiger partial charge in [0.2, 0.25) is 5.88 Å². The molecule has 3 heteroatoms. The second-order valence-electron chi connectivity index (χ2n) is 5.31. The molecule has 0 fully saturated rings.